The van der Waals surface area contributed by atoms with E-state index in [4.69, 9.17) is 18.9 Å². The molecule has 0 bridgehead atoms. The second kappa shape index (κ2) is 10.7. The molecular formula is C22H25O7P. The Morgan fingerprint density at radius 3 is 1.37 bits per heavy atom. The van der Waals surface area contributed by atoms with Gasteiger partial charge in [-0.2, -0.15) is 0 Å². The summed E-state index contributed by atoms with van der Waals surface area (Å²) in [6, 6.07) is 9.87. The van der Waals surface area contributed by atoms with Crippen molar-refractivity contribution in [3.05, 3.63) is 47.5 Å². The number of hydrogen-bond donors (Lipinski definition) is 0. The number of Topliss-reactive ketones (excluding diaryl/α,β-unsaturated/α-hetero) is 2. The third-order valence-electron chi connectivity index (χ3n) is 4.84. The van der Waals surface area contributed by atoms with E-state index < -0.39 is 23.4 Å². The van der Waals surface area contributed by atoms with E-state index in [1.165, 1.54) is 28.4 Å². The molecule has 1 unspecified atom stereocenters. The van der Waals surface area contributed by atoms with Crippen LogP contribution in [0.25, 0.3) is 0 Å². The van der Waals surface area contributed by atoms with Gasteiger partial charge in [-0.1, -0.05) is 19.1 Å². The van der Waals surface area contributed by atoms with Crippen molar-refractivity contribution in [2.24, 2.45) is 11.8 Å². The fourth-order valence-corrected chi connectivity index (χ4v) is 3.80. The lowest BCUT2D eigenvalue weighted by Gasteiger charge is -2.23. The average molecular weight is 432 g/mol. The molecule has 0 aromatic heterocycles. The molecule has 0 amide bonds. The van der Waals surface area contributed by atoms with Crippen molar-refractivity contribution in [1.82, 2.24) is 0 Å². The van der Waals surface area contributed by atoms with Crippen molar-refractivity contribution in [2.45, 2.75) is 6.92 Å². The fourth-order valence-electron chi connectivity index (χ4n) is 3.36. The van der Waals surface area contributed by atoms with E-state index in [2.05, 4.69) is 0 Å². The van der Waals surface area contributed by atoms with E-state index in [1.807, 2.05) is 0 Å². The first-order valence-electron chi connectivity index (χ1n) is 9.24. The van der Waals surface area contributed by atoms with Gasteiger partial charge in [0.1, 0.15) is 34.1 Å². The topological polar surface area (TPSA) is 88.1 Å². The predicted octanol–water partition coefficient (Wildman–Crippen LogP) is 4.33. The molecule has 2 aromatic rings. The van der Waals surface area contributed by atoms with Crippen LogP contribution in [0.2, 0.25) is 0 Å². The third-order valence-corrected chi connectivity index (χ3v) is 5.57. The van der Waals surface area contributed by atoms with Crippen molar-refractivity contribution in [3.63, 3.8) is 0 Å². The van der Waals surface area contributed by atoms with Crippen LogP contribution >= 0.6 is 8.46 Å². The van der Waals surface area contributed by atoms with Crippen molar-refractivity contribution < 1.29 is 33.1 Å². The van der Waals surface area contributed by atoms with Gasteiger partial charge in [-0.15, -0.1) is 0 Å². The molecule has 0 aliphatic carbocycles. The highest BCUT2D eigenvalue weighted by Gasteiger charge is 2.38. The predicted molar refractivity (Wildman–Crippen MR) is 113 cm³/mol. The zero-order chi connectivity index (χ0) is 22.3. The summed E-state index contributed by atoms with van der Waals surface area (Å²) >= 11 is 0. The molecular weight excluding hydrogens is 407 g/mol. The van der Waals surface area contributed by atoms with Crippen molar-refractivity contribution in [1.29, 1.82) is 0 Å². The molecule has 0 fully saturated rings. The van der Waals surface area contributed by atoms with Crippen LogP contribution in [0.4, 0.5) is 0 Å². The summed E-state index contributed by atoms with van der Waals surface area (Å²) in [6.45, 7) is 1.70. The van der Waals surface area contributed by atoms with Gasteiger partial charge in [-0.3, -0.25) is 14.2 Å². The van der Waals surface area contributed by atoms with Gasteiger partial charge in [0, 0.05) is 6.16 Å². The standard InChI is InChI=1S/C22H25O7P/c1-13(12-30-25)18(21(23)19-14(26-2)8-6-9-15(19)27-3)22(24)20-16(28-4)10-7-11-17(20)29-5/h6-11,13,18H,12H2,1-5H3. The number of benzene rings is 2. The second-order valence-corrected chi connectivity index (χ2v) is 7.19. The normalized spacial score (nSPS) is 11.8. The smallest absolute Gasteiger partial charge is 0.181 e. The number of methoxy groups -OCH3 is 4. The lowest BCUT2D eigenvalue weighted by Crippen LogP contribution is -2.32. The van der Waals surface area contributed by atoms with E-state index in [9.17, 15) is 14.2 Å². The summed E-state index contributed by atoms with van der Waals surface area (Å²) in [4.78, 5) is 27.3. The van der Waals surface area contributed by atoms with E-state index in [-0.39, 0.29) is 48.7 Å². The number of ketones is 2. The van der Waals surface area contributed by atoms with Crippen molar-refractivity contribution in [3.8, 4) is 23.0 Å². The summed E-state index contributed by atoms with van der Waals surface area (Å²) in [6.07, 6.45) is 0.122. The highest BCUT2D eigenvalue weighted by molar-refractivity contribution is 7.23. The number of rotatable bonds is 11. The van der Waals surface area contributed by atoms with Crippen LogP contribution in [0.5, 0.6) is 23.0 Å². The van der Waals surface area contributed by atoms with Crippen LogP contribution in [0.1, 0.15) is 27.6 Å². The summed E-state index contributed by atoms with van der Waals surface area (Å²) in [7, 11) is 5.58. The van der Waals surface area contributed by atoms with Gasteiger partial charge in [0.2, 0.25) is 0 Å². The molecule has 0 aliphatic rings. The number of hydrogen-bond acceptors (Lipinski definition) is 7. The Labute approximate surface area is 177 Å². The van der Waals surface area contributed by atoms with E-state index in [1.54, 1.807) is 43.3 Å². The molecule has 2 rings (SSSR count). The highest BCUT2D eigenvalue weighted by Crippen LogP contribution is 2.38. The van der Waals surface area contributed by atoms with Gasteiger partial charge in [0.05, 0.1) is 34.4 Å². The van der Waals surface area contributed by atoms with Gasteiger partial charge < -0.3 is 18.9 Å². The van der Waals surface area contributed by atoms with Crippen LogP contribution in [0.15, 0.2) is 36.4 Å². The average Bonchev–Trinajstić information content (AvgIpc) is 2.77. The maximum Gasteiger partial charge on any atom is 0.181 e. The van der Waals surface area contributed by atoms with Crippen LogP contribution in [0, 0.1) is 11.8 Å². The zero-order valence-corrected chi connectivity index (χ0v) is 18.5. The highest BCUT2D eigenvalue weighted by atomic mass is 31.1. The number of carbonyl (C=O) groups is 2. The van der Waals surface area contributed by atoms with Gasteiger partial charge in [0.25, 0.3) is 0 Å². The van der Waals surface area contributed by atoms with Gasteiger partial charge in [0.15, 0.2) is 20.0 Å². The summed E-state index contributed by atoms with van der Waals surface area (Å²) in [5.74, 6) is -1.51. The molecule has 30 heavy (non-hydrogen) atoms. The molecule has 160 valence electrons. The summed E-state index contributed by atoms with van der Waals surface area (Å²) in [5.41, 5.74) is 0.313. The maximum atomic E-state index is 13.7. The Morgan fingerprint density at radius 1 is 0.767 bits per heavy atom. The molecule has 0 saturated heterocycles. The van der Waals surface area contributed by atoms with E-state index in [0.717, 1.165) is 0 Å². The van der Waals surface area contributed by atoms with E-state index >= 15 is 0 Å². The van der Waals surface area contributed by atoms with Crippen LogP contribution in [-0.4, -0.2) is 46.2 Å². The fraction of sp³-hybridized carbons (Fsp3) is 0.364. The van der Waals surface area contributed by atoms with Crippen molar-refractivity contribution >= 4 is 20.0 Å². The monoisotopic (exact) mass is 432 g/mol. The molecule has 0 radical (unpaired) electrons. The minimum absolute atomic E-state index is 0.122. The first-order valence-corrected chi connectivity index (χ1v) is 10.2. The van der Waals surface area contributed by atoms with Crippen LogP contribution in [0.3, 0.4) is 0 Å². The first-order chi connectivity index (χ1) is 14.4. The Hall–Kier alpha value is -2.92. The number of carbonyl (C=O) groups excluding carboxylic acids is 2. The molecule has 7 nitrogen and oxygen atoms in total. The quantitative estimate of drug-likeness (QED) is 0.297. The Morgan fingerprint density at radius 2 is 1.10 bits per heavy atom. The molecule has 0 aliphatic heterocycles. The molecule has 0 heterocycles. The molecule has 0 saturated carbocycles. The summed E-state index contributed by atoms with van der Waals surface area (Å²) < 4.78 is 32.7. The Bertz CT molecular complexity index is 814. The molecule has 1 atom stereocenters. The second-order valence-electron chi connectivity index (χ2n) is 6.57. The van der Waals surface area contributed by atoms with Gasteiger partial charge in [-0.05, 0) is 30.2 Å². The summed E-state index contributed by atoms with van der Waals surface area (Å²) in [5, 5.41) is 0. The van der Waals surface area contributed by atoms with Crippen LogP contribution < -0.4 is 18.9 Å². The zero-order valence-electron chi connectivity index (χ0n) is 17.6. The Kier molecular flexibility index (Phi) is 8.36. The minimum atomic E-state index is -1.15. The van der Waals surface area contributed by atoms with Gasteiger partial charge >= 0.3 is 0 Å². The maximum absolute atomic E-state index is 13.7. The lowest BCUT2D eigenvalue weighted by atomic mass is 9.81. The molecule has 0 spiro atoms. The van der Waals surface area contributed by atoms with Crippen LogP contribution in [-0.2, 0) is 4.57 Å². The molecule has 2 aromatic carbocycles. The van der Waals surface area contributed by atoms with Crippen molar-refractivity contribution in [2.75, 3.05) is 34.6 Å². The Balaban J connectivity index is 2.69. The minimum Gasteiger partial charge on any atom is -0.496 e. The SMILES string of the molecule is COc1cccc(OC)c1C(=O)C(C(=O)c1c(OC)cccc1OC)C(C)CP=O. The third kappa shape index (κ3) is 4.62. The largest absolute Gasteiger partial charge is 0.496 e. The first kappa shape index (κ1) is 23.4. The van der Waals surface area contributed by atoms with Gasteiger partial charge in [-0.25, -0.2) is 0 Å². The lowest BCUT2D eigenvalue weighted by molar-refractivity contribution is 0.0762. The molecule has 0 N–H and O–H groups in total. The van der Waals surface area contributed by atoms with E-state index in [0.29, 0.717) is 0 Å². The number of ether oxygens (including phenoxy) is 4. The molecule has 8 heteroatoms.